The Hall–Kier alpha value is -1.31. The fourth-order valence-electron chi connectivity index (χ4n) is 1.67. The van der Waals surface area contributed by atoms with E-state index >= 15 is 0 Å². The van der Waals surface area contributed by atoms with Crippen molar-refractivity contribution >= 4 is 17.6 Å². The monoisotopic (exact) mass is 284 g/mol. The fourth-order valence-corrected chi connectivity index (χ4v) is 2.55. The lowest BCUT2D eigenvalue weighted by molar-refractivity contribution is 0.324. The number of nitrogens with zero attached hydrogens (tertiary/aromatic N) is 1. The van der Waals surface area contributed by atoms with Crippen LogP contribution in [0.5, 0.6) is 5.75 Å². The van der Waals surface area contributed by atoms with Crippen LogP contribution in [0, 0.1) is 5.82 Å². The third-order valence-corrected chi connectivity index (χ3v) is 3.48. The van der Waals surface area contributed by atoms with Gasteiger partial charge in [-0.15, -0.1) is 11.8 Å². The third kappa shape index (κ3) is 4.38. The number of para-hydroxylation sites is 1. The quantitative estimate of drug-likeness (QED) is 0.698. The van der Waals surface area contributed by atoms with E-state index in [0.717, 1.165) is 0 Å². The molecule has 1 aromatic carbocycles. The number of hydrogen-bond donors (Lipinski definition) is 3. The van der Waals surface area contributed by atoms with E-state index in [-0.39, 0.29) is 23.2 Å². The van der Waals surface area contributed by atoms with Crippen LogP contribution in [0.25, 0.3) is 0 Å². The first-order chi connectivity index (χ1) is 9.15. The summed E-state index contributed by atoms with van der Waals surface area (Å²) in [7, 11) is 0. The van der Waals surface area contributed by atoms with E-state index in [0.29, 0.717) is 24.6 Å². The Morgan fingerprint density at radius 2 is 2.26 bits per heavy atom. The maximum absolute atomic E-state index is 13.3. The van der Waals surface area contributed by atoms with Crippen LogP contribution < -0.4 is 21.5 Å². The first kappa shape index (κ1) is 14.1. The lowest BCUT2D eigenvalue weighted by Crippen LogP contribution is -2.49. The summed E-state index contributed by atoms with van der Waals surface area (Å²) in [6.45, 7) is 0.397. The molecule has 0 radical (unpaired) electrons. The van der Waals surface area contributed by atoms with Crippen molar-refractivity contribution in [2.75, 3.05) is 12.4 Å². The van der Waals surface area contributed by atoms with Crippen LogP contribution in [0.15, 0.2) is 29.3 Å². The SMILES string of the molecule is NC1=NC(SCCOc2ccccc2F)NC(N)C1. The molecule has 5 N–H and O–H groups in total. The Morgan fingerprint density at radius 3 is 3.00 bits per heavy atom. The van der Waals surface area contributed by atoms with Gasteiger partial charge in [0, 0.05) is 12.2 Å². The normalized spacial score (nSPS) is 22.9. The highest BCUT2D eigenvalue weighted by atomic mass is 32.2. The van der Waals surface area contributed by atoms with Gasteiger partial charge >= 0.3 is 0 Å². The highest BCUT2D eigenvalue weighted by Crippen LogP contribution is 2.17. The van der Waals surface area contributed by atoms with Crippen LogP contribution in [0.2, 0.25) is 0 Å². The third-order valence-electron chi connectivity index (χ3n) is 2.52. The van der Waals surface area contributed by atoms with E-state index in [9.17, 15) is 4.39 Å². The second-order valence-corrected chi connectivity index (χ2v) is 5.29. The number of halogens is 1. The van der Waals surface area contributed by atoms with Gasteiger partial charge in [-0.2, -0.15) is 0 Å². The molecule has 0 saturated carbocycles. The second-order valence-electron chi connectivity index (χ2n) is 4.10. The fraction of sp³-hybridized carbons (Fsp3) is 0.417. The zero-order valence-corrected chi connectivity index (χ0v) is 11.2. The van der Waals surface area contributed by atoms with Gasteiger partial charge in [0.1, 0.15) is 5.50 Å². The average Bonchev–Trinajstić information content (AvgIpc) is 2.35. The summed E-state index contributed by atoms with van der Waals surface area (Å²) < 4.78 is 18.6. The molecule has 7 heteroatoms. The molecule has 0 bridgehead atoms. The molecule has 2 unspecified atom stereocenters. The first-order valence-electron chi connectivity index (χ1n) is 5.98. The number of aliphatic imine (C=N–C) groups is 1. The van der Waals surface area contributed by atoms with Crippen LogP contribution in [0.3, 0.4) is 0 Å². The van der Waals surface area contributed by atoms with Gasteiger partial charge in [-0.1, -0.05) is 12.1 Å². The largest absolute Gasteiger partial charge is 0.490 e. The van der Waals surface area contributed by atoms with Gasteiger partial charge in [-0.25, -0.2) is 9.38 Å². The first-order valence-corrected chi connectivity index (χ1v) is 7.03. The minimum absolute atomic E-state index is 0.159. The van der Waals surface area contributed by atoms with Crippen molar-refractivity contribution in [3.8, 4) is 5.75 Å². The van der Waals surface area contributed by atoms with E-state index in [1.807, 2.05) is 0 Å². The Balaban J connectivity index is 1.73. The predicted molar refractivity (Wildman–Crippen MR) is 75.5 cm³/mol. The Kier molecular flexibility index (Phi) is 5.00. The van der Waals surface area contributed by atoms with Gasteiger partial charge in [-0.3, -0.25) is 5.32 Å². The molecular formula is C12H17FN4OS. The number of nitrogens with two attached hydrogens (primary N) is 2. The molecule has 0 fully saturated rings. The van der Waals surface area contributed by atoms with Crippen molar-refractivity contribution in [1.82, 2.24) is 5.32 Å². The van der Waals surface area contributed by atoms with Crippen molar-refractivity contribution in [3.05, 3.63) is 30.1 Å². The number of hydrogen-bond acceptors (Lipinski definition) is 6. The van der Waals surface area contributed by atoms with E-state index in [4.69, 9.17) is 16.2 Å². The molecule has 0 aromatic heterocycles. The summed E-state index contributed by atoms with van der Waals surface area (Å²) in [5.74, 6) is 1.13. The van der Waals surface area contributed by atoms with Crippen molar-refractivity contribution < 1.29 is 9.13 Å². The molecule has 0 amide bonds. The minimum atomic E-state index is -0.354. The van der Waals surface area contributed by atoms with Crippen molar-refractivity contribution in [2.45, 2.75) is 18.1 Å². The molecule has 0 aliphatic carbocycles. The molecule has 2 rings (SSSR count). The molecule has 1 heterocycles. The molecular weight excluding hydrogens is 267 g/mol. The predicted octanol–water partition coefficient (Wildman–Crippen LogP) is 0.857. The summed E-state index contributed by atoms with van der Waals surface area (Å²) in [5.41, 5.74) is 11.3. The second kappa shape index (κ2) is 6.74. The summed E-state index contributed by atoms with van der Waals surface area (Å²) in [6.07, 6.45) is 0.394. The van der Waals surface area contributed by atoms with E-state index < -0.39 is 0 Å². The van der Waals surface area contributed by atoms with Crippen LogP contribution in [0.1, 0.15) is 6.42 Å². The molecule has 1 aliphatic rings. The van der Waals surface area contributed by atoms with Crippen molar-refractivity contribution in [3.63, 3.8) is 0 Å². The highest BCUT2D eigenvalue weighted by Gasteiger charge is 2.18. The van der Waals surface area contributed by atoms with Crippen molar-refractivity contribution in [1.29, 1.82) is 0 Å². The zero-order chi connectivity index (χ0) is 13.7. The lowest BCUT2D eigenvalue weighted by Gasteiger charge is -2.25. The highest BCUT2D eigenvalue weighted by molar-refractivity contribution is 7.99. The van der Waals surface area contributed by atoms with Crippen LogP contribution in [0.4, 0.5) is 4.39 Å². The van der Waals surface area contributed by atoms with E-state index in [1.54, 1.807) is 18.2 Å². The number of rotatable bonds is 5. The smallest absolute Gasteiger partial charge is 0.165 e. The molecule has 2 atom stereocenters. The number of nitrogens with one attached hydrogen (secondary N) is 1. The Labute approximate surface area is 115 Å². The average molecular weight is 284 g/mol. The maximum atomic E-state index is 13.3. The standard InChI is InChI=1S/C12H17FN4OS/c13-8-3-1-2-4-9(8)18-5-6-19-12-16-10(14)7-11(15)17-12/h1-4,10,12,16H,5-7,14H2,(H2,15,17). The Morgan fingerprint density at radius 1 is 1.47 bits per heavy atom. The molecule has 0 spiro atoms. The number of amidine groups is 1. The maximum Gasteiger partial charge on any atom is 0.165 e. The molecule has 104 valence electrons. The van der Waals surface area contributed by atoms with Gasteiger partial charge in [0.2, 0.25) is 0 Å². The number of thioether (sulfide) groups is 1. The van der Waals surface area contributed by atoms with Crippen LogP contribution >= 0.6 is 11.8 Å². The number of ether oxygens (including phenoxy) is 1. The molecule has 1 aliphatic heterocycles. The van der Waals surface area contributed by atoms with E-state index in [1.165, 1.54) is 17.8 Å². The summed E-state index contributed by atoms with van der Waals surface area (Å²) in [5, 5.41) is 3.10. The summed E-state index contributed by atoms with van der Waals surface area (Å²) >= 11 is 1.52. The molecule has 19 heavy (non-hydrogen) atoms. The summed E-state index contributed by atoms with van der Waals surface area (Å²) in [6, 6.07) is 6.33. The molecule has 5 nitrogen and oxygen atoms in total. The zero-order valence-electron chi connectivity index (χ0n) is 10.4. The minimum Gasteiger partial charge on any atom is -0.490 e. The van der Waals surface area contributed by atoms with Gasteiger partial charge < -0.3 is 16.2 Å². The van der Waals surface area contributed by atoms with Crippen LogP contribution in [-0.2, 0) is 0 Å². The lowest BCUT2D eigenvalue weighted by atomic mass is 10.3. The van der Waals surface area contributed by atoms with Gasteiger partial charge in [0.25, 0.3) is 0 Å². The Bertz CT molecular complexity index is 457. The van der Waals surface area contributed by atoms with Gasteiger partial charge in [0.05, 0.1) is 18.6 Å². The summed E-state index contributed by atoms with van der Waals surface area (Å²) in [4.78, 5) is 4.23. The van der Waals surface area contributed by atoms with Gasteiger partial charge in [0.15, 0.2) is 11.6 Å². The molecule has 0 saturated heterocycles. The topological polar surface area (TPSA) is 85.7 Å². The van der Waals surface area contributed by atoms with Crippen LogP contribution in [-0.4, -0.2) is 29.9 Å². The van der Waals surface area contributed by atoms with Crippen molar-refractivity contribution in [2.24, 2.45) is 16.5 Å². The molecule has 1 aromatic rings. The van der Waals surface area contributed by atoms with Gasteiger partial charge in [-0.05, 0) is 12.1 Å². The van der Waals surface area contributed by atoms with E-state index in [2.05, 4.69) is 10.3 Å². The number of benzene rings is 1.